The van der Waals surface area contributed by atoms with E-state index in [1.165, 1.54) is 5.75 Å². The molecular weight excluding hydrogens is 196 g/mol. The van der Waals surface area contributed by atoms with Gasteiger partial charge in [-0.3, -0.25) is 0 Å². The molecule has 1 aromatic rings. The van der Waals surface area contributed by atoms with Crippen LogP contribution in [0.2, 0.25) is 0 Å². The molecule has 0 saturated heterocycles. The minimum absolute atomic E-state index is 0.424. The Morgan fingerprint density at radius 2 is 1.93 bits per heavy atom. The summed E-state index contributed by atoms with van der Waals surface area (Å²) in [5, 5.41) is 0. The van der Waals surface area contributed by atoms with E-state index in [1.54, 1.807) is 12.1 Å². The van der Waals surface area contributed by atoms with Gasteiger partial charge in [-0.1, -0.05) is 31.5 Å². The van der Waals surface area contributed by atoms with E-state index in [0.717, 1.165) is 12.0 Å². The third kappa shape index (κ3) is 2.58. The zero-order chi connectivity index (χ0) is 10.6. The third-order valence-electron chi connectivity index (χ3n) is 2.03. The number of unbranched alkanes of at least 4 members (excludes halogenated alkanes) is 1. The zero-order valence-corrected chi connectivity index (χ0v) is 9.34. The van der Waals surface area contributed by atoms with Crippen molar-refractivity contribution in [1.82, 2.24) is 0 Å². The smallest absolute Gasteiger partial charge is 0.182 e. The second kappa shape index (κ2) is 4.60. The molecule has 2 nitrogen and oxygen atoms in total. The van der Waals surface area contributed by atoms with Gasteiger partial charge < -0.3 is 0 Å². The van der Waals surface area contributed by atoms with Gasteiger partial charge >= 0.3 is 0 Å². The Kier molecular flexibility index (Phi) is 3.69. The first-order valence-corrected chi connectivity index (χ1v) is 6.26. The topological polar surface area (TPSA) is 34.1 Å². The third-order valence-corrected chi connectivity index (χ3v) is 3.77. The van der Waals surface area contributed by atoms with E-state index in [2.05, 4.69) is 0 Å². The minimum atomic E-state index is -3.18. The average molecular weight is 211 g/mol. The van der Waals surface area contributed by atoms with Gasteiger partial charge in [-0.2, -0.15) is 0 Å². The maximum atomic E-state index is 11.8. The van der Waals surface area contributed by atoms with E-state index < -0.39 is 9.84 Å². The summed E-state index contributed by atoms with van der Waals surface area (Å²) in [7, 11) is -3.18. The lowest BCUT2D eigenvalue weighted by Gasteiger charge is -2.05. The molecule has 0 fully saturated rings. The van der Waals surface area contributed by atoms with Crippen molar-refractivity contribution in [2.45, 2.75) is 31.6 Å². The minimum Gasteiger partial charge on any atom is -0.223 e. The summed E-state index contributed by atoms with van der Waals surface area (Å²) in [5.41, 5.74) is 0.805. The Bertz CT molecular complexity index is 394. The van der Waals surface area contributed by atoms with Crippen LogP contribution in [0.5, 0.6) is 0 Å². The molecule has 1 rings (SSSR count). The lowest BCUT2D eigenvalue weighted by Crippen LogP contribution is -2.03. The van der Waals surface area contributed by atoms with Crippen LogP contribution in [0.25, 0.3) is 0 Å². The zero-order valence-electron chi connectivity index (χ0n) is 8.53. The molecule has 0 atom stereocenters. The molecule has 0 aliphatic rings. The predicted octanol–water partition coefficient (Wildman–Crippen LogP) is 2.73. The molecular formula is C11H15O2S. The lowest BCUT2D eigenvalue weighted by molar-refractivity contribution is 0.598. The van der Waals surface area contributed by atoms with Gasteiger partial charge in [0.2, 0.25) is 0 Å². The van der Waals surface area contributed by atoms with Crippen LogP contribution in [-0.2, 0) is 9.84 Å². The molecule has 0 aliphatic carbocycles. The van der Waals surface area contributed by atoms with E-state index in [1.807, 2.05) is 26.0 Å². The summed E-state index contributed by atoms with van der Waals surface area (Å²) in [5.74, 6) is 1.40. The van der Waals surface area contributed by atoms with E-state index in [0.29, 0.717) is 11.3 Å². The van der Waals surface area contributed by atoms with Crippen LogP contribution < -0.4 is 0 Å². The fourth-order valence-corrected chi connectivity index (χ4v) is 2.75. The predicted molar refractivity (Wildman–Crippen MR) is 57.6 cm³/mol. The molecule has 0 bridgehead atoms. The Hall–Kier alpha value is -0.830. The van der Waals surface area contributed by atoms with Crippen LogP contribution in [0.1, 0.15) is 25.3 Å². The van der Waals surface area contributed by atoms with Crippen molar-refractivity contribution in [3.8, 4) is 0 Å². The monoisotopic (exact) mass is 211 g/mol. The van der Waals surface area contributed by atoms with Crippen molar-refractivity contribution in [2.75, 3.05) is 0 Å². The fraction of sp³-hybridized carbons (Fsp3) is 0.364. The summed E-state index contributed by atoms with van der Waals surface area (Å²) in [4.78, 5) is 0.424. The highest BCUT2D eigenvalue weighted by molar-refractivity contribution is 7.93. The number of rotatable bonds is 4. The molecule has 0 aliphatic heterocycles. The molecule has 0 heterocycles. The molecule has 0 N–H and O–H groups in total. The summed E-state index contributed by atoms with van der Waals surface area (Å²) in [6.07, 6.45) is 1.46. The molecule has 0 amide bonds. The van der Waals surface area contributed by atoms with Crippen molar-refractivity contribution in [2.24, 2.45) is 0 Å². The number of aryl methyl sites for hydroxylation is 1. The van der Waals surface area contributed by atoms with E-state index >= 15 is 0 Å². The standard InChI is InChI=1S/C11H15O2S/c1-3-4-9-14(12,13)11-8-6-5-7-10(11)2/h5-9H,3-4H2,1-2H3. The molecule has 0 unspecified atom stereocenters. The first kappa shape index (κ1) is 11.2. The number of hydrogen-bond acceptors (Lipinski definition) is 2. The second-order valence-electron chi connectivity index (χ2n) is 3.27. The van der Waals surface area contributed by atoms with Crippen LogP contribution in [0.3, 0.4) is 0 Å². The SMILES string of the molecule is CCC[CH]S(=O)(=O)c1ccccc1C. The van der Waals surface area contributed by atoms with Crippen molar-refractivity contribution in [1.29, 1.82) is 0 Å². The van der Waals surface area contributed by atoms with Crippen molar-refractivity contribution in [3.05, 3.63) is 35.6 Å². The van der Waals surface area contributed by atoms with Gasteiger partial charge in [0.15, 0.2) is 9.84 Å². The van der Waals surface area contributed by atoms with Crippen molar-refractivity contribution < 1.29 is 8.42 Å². The first-order chi connectivity index (χ1) is 6.58. The van der Waals surface area contributed by atoms with Crippen LogP contribution in [0, 0.1) is 12.7 Å². The molecule has 1 aromatic carbocycles. The Balaban J connectivity index is 2.99. The fourth-order valence-electron chi connectivity index (χ4n) is 1.24. The summed E-state index contributed by atoms with van der Waals surface area (Å²) in [6, 6.07) is 7.05. The van der Waals surface area contributed by atoms with Gasteiger partial charge in [-0.05, 0) is 25.0 Å². The largest absolute Gasteiger partial charge is 0.223 e. The van der Waals surface area contributed by atoms with Gasteiger partial charge in [0.05, 0.1) is 10.6 Å². The summed E-state index contributed by atoms with van der Waals surface area (Å²) >= 11 is 0. The summed E-state index contributed by atoms with van der Waals surface area (Å²) in [6.45, 7) is 3.77. The maximum absolute atomic E-state index is 11.8. The van der Waals surface area contributed by atoms with Gasteiger partial charge in [0.1, 0.15) is 0 Å². The van der Waals surface area contributed by atoms with Crippen LogP contribution >= 0.6 is 0 Å². The van der Waals surface area contributed by atoms with Crippen molar-refractivity contribution in [3.63, 3.8) is 0 Å². The second-order valence-corrected chi connectivity index (χ2v) is 5.13. The molecule has 0 saturated carbocycles. The number of benzene rings is 1. The molecule has 0 spiro atoms. The van der Waals surface area contributed by atoms with Crippen molar-refractivity contribution >= 4 is 9.84 Å². The quantitative estimate of drug-likeness (QED) is 0.767. The molecule has 77 valence electrons. The molecule has 14 heavy (non-hydrogen) atoms. The maximum Gasteiger partial charge on any atom is 0.182 e. The Labute approximate surface area is 85.9 Å². The number of hydrogen-bond donors (Lipinski definition) is 0. The highest BCUT2D eigenvalue weighted by Crippen LogP contribution is 2.19. The summed E-state index contributed by atoms with van der Waals surface area (Å²) < 4.78 is 23.5. The van der Waals surface area contributed by atoms with Gasteiger partial charge in [0, 0.05) is 0 Å². The van der Waals surface area contributed by atoms with Gasteiger partial charge in [-0.25, -0.2) is 8.42 Å². The highest BCUT2D eigenvalue weighted by atomic mass is 32.2. The van der Waals surface area contributed by atoms with Crippen LogP contribution in [0.15, 0.2) is 29.2 Å². The first-order valence-electron chi connectivity index (χ1n) is 4.72. The van der Waals surface area contributed by atoms with Gasteiger partial charge in [0.25, 0.3) is 0 Å². The van der Waals surface area contributed by atoms with Gasteiger partial charge in [-0.15, -0.1) is 0 Å². The number of sulfone groups is 1. The van der Waals surface area contributed by atoms with E-state index in [9.17, 15) is 8.42 Å². The lowest BCUT2D eigenvalue weighted by atomic mass is 10.2. The van der Waals surface area contributed by atoms with E-state index in [4.69, 9.17) is 0 Å². The highest BCUT2D eigenvalue weighted by Gasteiger charge is 2.15. The van der Waals surface area contributed by atoms with Crippen LogP contribution in [-0.4, -0.2) is 8.42 Å². The molecule has 1 radical (unpaired) electrons. The van der Waals surface area contributed by atoms with Crippen LogP contribution in [0.4, 0.5) is 0 Å². The normalized spacial score (nSPS) is 11.6. The molecule has 0 aromatic heterocycles. The Morgan fingerprint density at radius 3 is 2.50 bits per heavy atom. The molecule has 3 heteroatoms. The average Bonchev–Trinajstić information content (AvgIpc) is 2.15. The Morgan fingerprint density at radius 1 is 1.29 bits per heavy atom. The van der Waals surface area contributed by atoms with E-state index in [-0.39, 0.29) is 0 Å².